The number of rotatable bonds is 11. The number of anilines is 1. The van der Waals surface area contributed by atoms with Crippen LogP contribution in [0.15, 0.2) is 0 Å². The zero-order valence-electron chi connectivity index (χ0n) is 24.2. The maximum Gasteiger partial charge on any atom is 0.255 e. The summed E-state index contributed by atoms with van der Waals surface area (Å²) in [5.74, 6) is -3.49. The molecule has 180 valence electrons. The van der Waals surface area contributed by atoms with Gasteiger partial charge in [-0.3, -0.25) is 14.4 Å². The topological polar surface area (TPSA) is 169 Å². The van der Waals surface area contributed by atoms with E-state index < -0.39 is 80.2 Å². The van der Waals surface area contributed by atoms with E-state index in [0.29, 0.717) is 0 Å². The Morgan fingerprint density at radius 1 is 1.19 bits per heavy atom. The van der Waals surface area contributed by atoms with Crippen molar-refractivity contribution in [2.24, 2.45) is 0 Å². The Hall–Kier alpha value is -0.380. The number of nitrogens with one attached hydrogen (secondary N) is 2. The van der Waals surface area contributed by atoms with Crippen molar-refractivity contribution in [3.63, 3.8) is 0 Å². The van der Waals surface area contributed by atoms with Gasteiger partial charge >= 0.3 is 0 Å². The summed E-state index contributed by atoms with van der Waals surface area (Å²) in [5, 5.41) is 43.2. The van der Waals surface area contributed by atoms with E-state index in [-0.39, 0.29) is 22.0 Å². The summed E-state index contributed by atoms with van der Waals surface area (Å²) in [7, 11) is 1.21. The molecule has 1 aromatic carbocycles. The number of methoxy groups -OCH3 is 1. The Morgan fingerprint density at radius 3 is 2.34 bits per heavy atom. The van der Waals surface area contributed by atoms with Crippen LogP contribution in [0.5, 0.6) is 0 Å². The number of halogens is 3. The van der Waals surface area contributed by atoms with Gasteiger partial charge in [-0.1, -0.05) is 0 Å². The summed E-state index contributed by atoms with van der Waals surface area (Å²) >= 11 is 4.64. The van der Waals surface area contributed by atoms with Crippen LogP contribution in [0.4, 0.5) is 5.69 Å². The molecule has 0 saturated heterocycles. The second-order valence-electron chi connectivity index (χ2n) is 5.81. The van der Waals surface area contributed by atoms with Crippen molar-refractivity contribution in [3.8, 4) is 0 Å². The van der Waals surface area contributed by atoms with Crippen LogP contribution in [-0.4, -0.2) is 102 Å². The Morgan fingerprint density at radius 2 is 1.81 bits per heavy atom. The van der Waals surface area contributed by atoms with Gasteiger partial charge in [0.25, 0.3) is 11.8 Å². The van der Waals surface area contributed by atoms with Crippen LogP contribution in [0.3, 0.4) is 0 Å². The van der Waals surface area contributed by atoms with Gasteiger partial charge in [-0.25, -0.2) is 0 Å². The number of hydrogen-bond donors (Lipinski definition) is 6. The zero-order chi connectivity index (χ0) is 31.6. The van der Waals surface area contributed by atoms with Crippen LogP contribution in [-0.2, 0) is 9.53 Å². The van der Waals surface area contributed by atoms with Gasteiger partial charge in [-0.15, -0.1) is 0 Å². The van der Waals surface area contributed by atoms with Crippen molar-refractivity contribution in [1.82, 2.24) is 10.2 Å². The molecule has 0 spiro atoms. The lowest BCUT2D eigenvalue weighted by molar-refractivity contribution is -0.119. The highest BCUT2D eigenvalue weighted by molar-refractivity contribution is 14.1. The Labute approximate surface area is 236 Å². The van der Waals surface area contributed by atoms with Crippen LogP contribution < -0.4 is 10.6 Å². The smallest absolute Gasteiger partial charge is 0.255 e. The molecule has 32 heavy (non-hydrogen) atoms. The van der Waals surface area contributed by atoms with Crippen LogP contribution in [0.1, 0.15) is 31.7 Å². The highest BCUT2D eigenvalue weighted by atomic mass is 127. The van der Waals surface area contributed by atoms with Crippen molar-refractivity contribution in [2.45, 2.75) is 12.2 Å². The number of amides is 3. The molecule has 1 rings (SSSR count). The number of hydrogen-bond acceptors (Lipinski definition) is 8. The Kier molecular flexibility index (Phi) is 8.33. The highest BCUT2D eigenvalue weighted by Gasteiger charge is 2.30. The first kappa shape index (κ1) is 18.9. The summed E-state index contributed by atoms with van der Waals surface area (Å²) in [4.78, 5) is 38.6. The molecular weight excluding hydrogens is 768 g/mol. The first-order valence-electron chi connectivity index (χ1n) is 12.3. The van der Waals surface area contributed by atoms with E-state index >= 15 is 0 Å². The number of carbonyl (C=O) groups is 3. The van der Waals surface area contributed by atoms with Gasteiger partial charge in [0.1, 0.15) is 6.61 Å². The number of carbonyl (C=O) groups excluding carboxylic acids is 3. The van der Waals surface area contributed by atoms with Crippen molar-refractivity contribution in [2.75, 3.05) is 52.2 Å². The quantitative estimate of drug-likeness (QED) is 0.130. The molecule has 2 unspecified atom stereocenters. The van der Waals surface area contributed by atoms with E-state index in [9.17, 15) is 29.7 Å². The predicted octanol–water partition coefficient (Wildman–Crippen LogP) is -0.406. The van der Waals surface area contributed by atoms with E-state index in [1.54, 1.807) is 22.6 Å². The number of aliphatic hydroxyl groups excluding tert-OH is 2. The molecule has 3 amide bonds. The Balaban J connectivity index is 4.07. The van der Waals surface area contributed by atoms with Gasteiger partial charge in [0.15, 0.2) is 0 Å². The van der Waals surface area contributed by atoms with E-state index in [4.69, 9.17) is 20.8 Å². The number of nitrogens with zero attached hydrogens (tertiary/aromatic N) is 1. The second kappa shape index (κ2) is 14.1. The second-order valence-corrected chi connectivity index (χ2v) is 9.04. The third kappa shape index (κ3) is 7.84. The standard InChI is InChI=1S/C18H24I3N3O8/c1-24(4-9(28)6-26)18(31)12-13(19)11(17(30)22-3-8(27)5-25)14(20)16(15(12)21)23-10(29)7-32-2/h8-9,25-28H,3-7H2,1-2H3,(H,22,30)(H,23,29)/i1+1D3,4D2,6D2,9D. The van der Waals surface area contributed by atoms with Gasteiger partial charge in [-0.05, 0) is 67.8 Å². The molecule has 2 atom stereocenters. The molecule has 0 aliphatic carbocycles. The van der Waals surface area contributed by atoms with E-state index in [2.05, 4.69) is 10.6 Å². The molecule has 0 fully saturated rings. The molecule has 11 nitrogen and oxygen atoms in total. The minimum absolute atomic E-state index is 0.0236. The average molecular weight is 800 g/mol. The largest absolute Gasteiger partial charge is 0.394 e. The molecule has 0 heterocycles. The average Bonchev–Trinajstić information content (AvgIpc) is 2.78. The molecule has 0 saturated carbocycles. The fourth-order valence-electron chi connectivity index (χ4n) is 2.12. The van der Waals surface area contributed by atoms with E-state index in [1.807, 2.05) is 0 Å². The summed E-state index contributed by atoms with van der Waals surface area (Å²) < 4.78 is 66.0. The normalized spacial score (nSPS) is 18.8. The monoisotopic (exact) mass is 800 g/mol. The van der Waals surface area contributed by atoms with E-state index in [0.717, 1.165) is 0 Å². The molecule has 6 N–H and O–H groups in total. The van der Waals surface area contributed by atoms with Crippen molar-refractivity contribution in [3.05, 3.63) is 21.8 Å². The SMILES string of the molecule is [2H]C([2H])(O)C([2H])(O)C([2H])([2H])N(C(=O)c1c(I)c(NC(=O)COC)c(I)c(C(=O)NCC(O)CO)c1I)[13C]([2H])([2H])[2H]. The maximum absolute atomic E-state index is 13.8. The highest BCUT2D eigenvalue weighted by Crippen LogP contribution is 2.36. The number of aliphatic hydroxyl groups is 4. The minimum atomic E-state index is -4.24. The fourth-order valence-corrected chi connectivity index (χ4v) is 6.51. The summed E-state index contributed by atoms with van der Waals surface area (Å²) in [6.45, 7) is -13.6. The zero-order valence-corrected chi connectivity index (χ0v) is 22.7. The molecule has 14 heteroatoms. The first-order chi connectivity index (χ1) is 18.0. The lowest BCUT2D eigenvalue weighted by Crippen LogP contribution is -2.38. The summed E-state index contributed by atoms with van der Waals surface area (Å²) in [5.41, 5.74) is -1.24. The van der Waals surface area contributed by atoms with Gasteiger partial charge < -0.3 is 40.7 Å². The van der Waals surface area contributed by atoms with Crippen LogP contribution in [0, 0.1) is 10.7 Å². The predicted molar refractivity (Wildman–Crippen MR) is 141 cm³/mol. The molecule has 1 aromatic rings. The van der Waals surface area contributed by atoms with Gasteiger partial charge in [0.05, 0.1) is 56.2 Å². The fraction of sp³-hybridized carbons (Fsp3) is 0.500. The van der Waals surface area contributed by atoms with Crippen molar-refractivity contribution >= 4 is 91.2 Å². The van der Waals surface area contributed by atoms with Gasteiger partial charge in [-0.2, -0.15) is 0 Å². The minimum Gasteiger partial charge on any atom is -0.394 e. The molecule has 0 aromatic heterocycles. The first-order valence-corrected chi connectivity index (χ1v) is 11.6. The number of likely N-dealkylation sites (N-methyl/N-ethyl adjacent to an activating group) is 1. The molecular formula is C18H24I3N3O8. The van der Waals surface area contributed by atoms with Crippen molar-refractivity contribution < 1.29 is 50.5 Å². The van der Waals surface area contributed by atoms with Crippen LogP contribution in [0.2, 0.25) is 0 Å². The number of benzene rings is 1. The van der Waals surface area contributed by atoms with Crippen molar-refractivity contribution in [1.29, 1.82) is 0 Å². The van der Waals surface area contributed by atoms with Gasteiger partial charge in [0.2, 0.25) is 5.91 Å². The lowest BCUT2D eigenvalue weighted by Gasteiger charge is -2.24. The van der Waals surface area contributed by atoms with Gasteiger partial charge in [0, 0.05) is 34.8 Å². The third-order valence-electron chi connectivity index (χ3n) is 3.53. The van der Waals surface area contributed by atoms with Crippen LogP contribution >= 0.6 is 67.8 Å². The summed E-state index contributed by atoms with van der Waals surface area (Å²) in [6, 6.07) is 0. The maximum atomic E-state index is 13.8. The Bertz CT molecular complexity index is 1150. The molecule has 0 radical (unpaired) electrons. The lowest BCUT2D eigenvalue weighted by atomic mass is 10.1. The molecule has 0 aliphatic rings. The summed E-state index contributed by atoms with van der Waals surface area (Å²) in [6.07, 6.45) is -5.60. The third-order valence-corrected chi connectivity index (χ3v) is 6.77. The number of ether oxygens (including phenoxy) is 1. The van der Waals surface area contributed by atoms with Crippen LogP contribution in [0.25, 0.3) is 0 Å². The molecule has 0 bridgehead atoms. The van der Waals surface area contributed by atoms with E-state index in [1.165, 1.54) is 52.3 Å². The molecule has 0 aliphatic heterocycles.